The molecule has 1 atom stereocenters. The molecule has 0 aliphatic heterocycles. The molecule has 11 nitrogen and oxygen atoms in total. The van der Waals surface area contributed by atoms with Crippen molar-refractivity contribution in [3.63, 3.8) is 0 Å². The average molecular weight is 671 g/mol. The van der Waals surface area contributed by atoms with Crippen molar-refractivity contribution < 1.29 is 14.3 Å². The van der Waals surface area contributed by atoms with Crippen LogP contribution in [0.2, 0.25) is 0 Å². The van der Waals surface area contributed by atoms with E-state index in [0.29, 0.717) is 39.6 Å². The summed E-state index contributed by atoms with van der Waals surface area (Å²) >= 11 is 0. The Hall–Kier alpha value is -3.23. The second-order valence-corrected chi connectivity index (χ2v) is 22.1. The fourth-order valence-electron chi connectivity index (χ4n) is 4.62. The fraction of sp³-hybridized carbons (Fsp3) is 0.485. The molecule has 0 saturated carbocycles. The van der Waals surface area contributed by atoms with Gasteiger partial charge in [-0.15, -0.1) is 0 Å². The maximum atomic E-state index is 10.9. The van der Waals surface area contributed by atoms with Gasteiger partial charge in [-0.25, -0.2) is 30.0 Å². The second kappa shape index (κ2) is 16.1. The molecule has 0 bridgehead atoms. The van der Waals surface area contributed by atoms with Crippen LogP contribution in [0.5, 0.6) is 0 Å². The molecule has 4 aromatic heterocycles. The Kier molecular flexibility index (Phi) is 12.4. The van der Waals surface area contributed by atoms with Crippen molar-refractivity contribution in [2.24, 2.45) is 0 Å². The Balaban J connectivity index is 1.51. The maximum Gasteiger partial charge on any atom is 0.207 e. The van der Waals surface area contributed by atoms with Gasteiger partial charge in [0, 0.05) is 35.0 Å². The summed E-state index contributed by atoms with van der Waals surface area (Å²) in [4.78, 5) is 29.7. The third-order valence-electron chi connectivity index (χ3n) is 7.49. The van der Waals surface area contributed by atoms with Crippen LogP contribution in [-0.4, -0.2) is 105 Å². The van der Waals surface area contributed by atoms with Gasteiger partial charge < -0.3 is 29.2 Å². The van der Waals surface area contributed by atoms with Gasteiger partial charge in [0.05, 0.1) is 61.0 Å². The first kappa shape index (κ1) is 35.6. The molecule has 0 unspecified atom stereocenters. The number of amides is 1. The standard InChI is InChI=1S/C33H50N8O3S2/c1-25(34-2)33-39-20-31(41(33)24-44-14-16-46(6,7)8)27-10-12-29(37-18-27)28-11-9-26(17-36-28)30-19-38-32(21-35-22-42)40(30)23-43-13-15-45(3,4)5/h9-12,17-20,22,25,34H,13-16,21,23-24H2,1-8H3,(H,35,42)/t25-/m0/s1. The van der Waals surface area contributed by atoms with Crippen LogP contribution in [0.1, 0.15) is 24.6 Å². The molecular weight excluding hydrogens is 621 g/mol. The zero-order chi connectivity index (χ0) is 33.3. The number of imidazole rings is 2. The van der Waals surface area contributed by atoms with Crippen molar-refractivity contribution in [1.82, 2.24) is 39.7 Å². The molecule has 252 valence electrons. The highest BCUT2D eigenvalue weighted by atomic mass is 32.3. The summed E-state index contributed by atoms with van der Waals surface area (Å²) in [5, 5.41) is 6.00. The number of rotatable bonds is 18. The van der Waals surface area contributed by atoms with Gasteiger partial charge in [-0.1, -0.05) is 0 Å². The quantitative estimate of drug-likeness (QED) is 0.115. The number of nitrogens with one attached hydrogen (secondary N) is 2. The molecule has 4 heterocycles. The SMILES string of the molecule is CN[C@@H](C)c1ncc(-c2ccc(-c3ccc(-c4cnc(CNC=O)n4COCCS(C)(C)C)cn3)nc2)n1COCCS(C)(C)C. The van der Waals surface area contributed by atoms with Crippen molar-refractivity contribution in [3.8, 4) is 33.9 Å². The van der Waals surface area contributed by atoms with Crippen molar-refractivity contribution in [1.29, 1.82) is 0 Å². The van der Waals surface area contributed by atoms with Gasteiger partial charge in [0.1, 0.15) is 25.1 Å². The number of aromatic nitrogens is 6. The van der Waals surface area contributed by atoms with E-state index in [1.54, 1.807) is 6.20 Å². The molecule has 4 aromatic rings. The van der Waals surface area contributed by atoms with E-state index in [4.69, 9.17) is 24.4 Å². The number of nitrogens with zero attached hydrogens (tertiary/aromatic N) is 6. The van der Waals surface area contributed by atoms with E-state index in [1.807, 2.05) is 48.4 Å². The summed E-state index contributed by atoms with van der Waals surface area (Å²) in [5.74, 6) is 3.72. The third kappa shape index (κ3) is 9.88. The minimum absolute atomic E-state index is 0.0743. The highest BCUT2D eigenvalue weighted by Crippen LogP contribution is 2.34. The second-order valence-electron chi connectivity index (χ2n) is 13.0. The zero-order valence-electron chi connectivity index (χ0n) is 28.4. The highest BCUT2D eigenvalue weighted by Gasteiger charge is 2.18. The minimum Gasteiger partial charge on any atom is -0.360 e. The van der Waals surface area contributed by atoms with Gasteiger partial charge in [0.15, 0.2) is 0 Å². The number of carbonyl (C=O) groups is 1. The average Bonchev–Trinajstić information content (AvgIpc) is 3.63. The molecule has 13 heteroatoms. The number of hydrogen-bond donors (Lipinski definition) is 2. The van der Waals surface area contributed by atoms with Crippen LogP contribution in [0.3, 0.4) is 0 Å². The Morgan fingerprint density at radius 2 is 1.28 bits per heavy atom. The Labute approximate surface area is 276 Å². The normalized spacial score (nSPS) is 13.5. The molecule has 46 heavy (non-hydrogen) atoms. The van der Waals surface area contributed by atoms with E-state index in [9.17, 15) is 4.79 Å². The monoisotopic (exact) mass is 670 g/mol. The molecule has 0 radical (unpaired) electrons. The molecule has 4 rings (SSSR count). The minimum atomic E-state index is -0.653. The Bertz CT molecular complexity index is 1540. The molecule has 0 spiro atoms. The van der Waals surface area contributed by atoms with Gasteiger partial charge in [-0.05, 0) is 75.8 Å². The van der Waals surface area contributed by atoms with E-state index >= 15 is 0 Å². The largest absolute Gasteiger partial charge is 0.360 e. The van der Waals surface area contributed by atoms with Gasteiger partial charge in [0.2, 0.25) is 6.41 Å². The van der Waals surface area contributed by atoms with E-state index < -0.39 is 20.1 Å². The van der Waals surface area contributed by atoms with Crippen molar-refractivity contribution >= 4 is 26.5 Å². The lowest BCUT2D eigenvalue weighted by atomic mass is 10.1. The summed E-state index contributed by atoms with van der Waals surface area (Å²) in [7, 11) is 0.655. The van der Waals surface area contributed by atoms with Crippen molar-refractivity contribution in [3.05, 3.63) is 60.7 Å². The molecule has 2 N–H and O–H groups in total. The highest BCUT2D eigenvalue weighted by molar-refractivity contribution is 8.32. The predicted octanol–water partition coefficient (Wildman–Crippen LogP) is 4.73. The van der Waals surface area contributed by atoms with Crippen molar-refractivity contribution in [2.45, 2.75) is 33.0 Å². The lowest BCUT2D eigenvalue weighted by Gasteiger charge is -2.25. The summed E-state index contributed by atoms with van der Waals surface area (Å²) in [6, 6.07) is 8.09. The van der Waals surface area contributed by atoms with Gasteiger partial charge in [-0.3, -0.25) is 14.8 Å². The van der Waals surface area contributed by atoms with Crippen LogP contribution >= 0.6 is 20.1 Å². The summed E-state index contributed by atoms with van der Waals surface area (Å²) in [5.41, 5.74) is 5.23. The van der Waals surface area contributed by atoms with Gasteiger partial charge in [-0.2, -0.15) is 0 Å². The molecule has 0 aromatic carbocycles. The first-order chi connectivity index (χ1) is 21.9. The van der Waals surface area contributed by atoms with Crippen LogP contribution < -0.4 is 10.6 Å². The van der Waals surface area contributed by atoms with Gasteiger partial charge >= 0.3 is 0 Å². The molecule has 1 amide bonds. The van der Waals surface area contributed by atoms with Crippen LogP contribution in [-0.2, 0) is 34.3 Å². The predicted molar refractivity (Wildman–Crippen MR) is 193 cm³/mol. The smallest absolute Gasteiger partial charge is 0.207 e. The summed E-state index contributed by atoms with van der Waals surface area (Å²) in [6.45, 7) is 4.57. The molecule has 0 saturated heterocycles. The number of hydrogen-bond acceptors (Lipinski definition) is 8. The van der Waals surface area contributed by atoms with Crippen LogP contribution in [0.25, 0.3) is 33.9 Å². The first-order valence-corrected chi connectivity index (χ1v) is 21.3. The van der Waals surface area contributed by atoms with E-state index in [-0.39, 0.29) is 6.04 Å². The van der Waals surface area contributed by atoms with Crippen LogP contribution in [0, 0.1) is 0 Å². The number of ether oxygens (including phenoxy) is 2. The number of carbonyl (C=O) groups excluding carboxylic acids is 1. The lowest BCUT2D eigenvalue weighted by Crippen LogP contribution is -2.20. The fourth-order valence-corrected chi connectivity index (χ4v) is 5.85. The van der Waals surface area contributed by atoms with Crippen LogP contribution in [0.15, 0.2) is 49.1 Å². The van der Waals surface area contributed by atoms with Crippen LogP contribution in [0.4, 0.5) is 0 Å². The van der Waals surface area contributed by atoms with E-state index in [1.165, 1.54) is 0 Å². The molecule has 0 aliphatic carbocycles. The van der Waals surface area contributed by atoms with Gasteiger partial charge in [0.25, 0.3) is 0 Å². The third-order valence-corrected chi connectivity index (χ3v) is 10.3. The molecule has 0 fully saturated rings. The number of pyridine rings is 2. The summed E-state index contributed by atoms with van der Waals surface area (Å²) < 4.78 is 16.3. The molecular formula is C33H50N8O3S2. The lowest BCUT2D eigenvalue weighted by molar-refractivity contribution is -0.109. The summed E-state index contributed by atoms with van der Waals surface area (Å²) in [6.07, 6.45) is 21.8. The van der Waals surface area contributed by atoms with E-state index in [2.05, 4.69) is 70.7 Å². The van der Waals surface area contributed by atoms with E-state index in [0.717, 1.165) is 57.1 Å². The van der Waals surface area contributed by atoms with Crippen molar-refractivity contribution in [2.75, 3.05) is 69.3 Å². The maximum absolute atomic E-state index is 10.9. The zero-order valence-corrected chi connectivity index (χ0v) is 30.1. The Morgan fingerprint density at radius 3 is 1.76 bits per heavy atom. The molecule has 0 aliphatic rings. The first-order valence-electron chi connectivity index (χ1n) is 15.2. The topological polar surface area (TPSA) is 121 Å². The Morgan fingerprint density at radius 1 is 0.761 bits per heavy atom.